The Morgan fingerprint density at radius 1 is 1.43 bits per heavy atom. The first-order chi connectivity index (χ1) is 11.0. The van der Waals surface area contributed by atoms with Crippen LogP contribution >= 0.6 is 11.6 Å². The lowest BCUT2D eigenvalue weighted by Crippen LogP contribution is -2.34. The van der Waals surface area contributed by atoms with E-state index in [0.717, 1.165) is 18.5 Å². The molecular formula is C16H22ClN3O3. The summed E-state index contributed by atoms with van der Waals surface area (Å²) in [6.07, 6.45) is 1.05. The van der Waals surface area contributed by atoms with Crippen molar-refractivity contribution in [3.8, 4) is 5.75 Å². The van der Waals surface area contributed by atoms with E-state index in [9.17, 15) is 9.59 Å². The number of methoxy groups -OCH3 is 1. The number of aryl methyl sites for hydroxylation is 1. The summed E-state index contributed by atoms with van der Waals surface area (Å²) in [4.78, 5) is 23.9. The fourth-order valence-corrected chi connectivity index (χ4v) is 2.62. The number of benzene rings is 1. The van der Waals surface area contributed by atoms with Gasteiger partial charge in [-0.05, 0) is 31.5 Å². The van der Waals surface area contributed by atoms with Gasteiger partial charge in [-0.15, -0.1) is 0 Å². The molecule has 1 fully saturated rings. The fraction of sp³-hybridized carbons (Fsp3) is 0.500. The number of rotatable bonds is 6. The van der Waals surface area contributed by atoms with Crippen molar-refractivity contribution in [1.29, 1.82) is 0 Å². The molecule has 3 N–H and O–H groups in total. The molecule has 1 unspecified atom stereocenters. The Kier molecular flexibility index (Phi) is 6.24. The zero-order valence-electron chi connectivity index (χ0n) is 13.4. The lowest BCUT2D eigenvalue weighted by Gasteiger charge is -2.13. The summed E-state index contributed by atoms with van der Waals surface area (Å²) >= 11 is 6.04. The molecule has 0 bridgehead atoms. The van der Waals surface area contributed by atoms with Gasteiger partial charge in [-0.2, -0.15) is 0 Å². The largest absolute Gasteiger partial charge is 0.495 e. The Balaban J connectivity index is 1.82. The van der Waals surface area contributed by atoms with Gasteiger partial charge in [-0.3, -0.25) is 9.59 Å². The minimum atomic E-state index is -0.185. The number of amides is 2. The van der Waals surface area contributed by atoms with Crippen LogP contribution in [0.4, 0.5) is 5.69 Å². The normalized spacial score (nSPS) is 16.9. The van der Waals surface area contributed by atoms with Crippen molar-refractivity contribution >= 4 is 29.1 Å². The van der Waals surface area contributed by atoms with Crippen LogP contribution in [0, 0.1) is 12.8 Å². The van der Waals surface area contributed by atoms with Crippen LogP contribution < -0.4 is 20.7 Å². The SMILES string of the molecule is COc1cc(Cl)c(C)cc1NC(=O)CCNC(=O)C1CCNC1. The molecule has 0 saturated carbocycles. The Morgan fingerprint density at radius 3 is 2.87 bits per heavy atom. The zero-order valence-corrected chi connectivity index (χ0v) is 14.1. The Labute approximate surface area is 140 Å². The first-order valence-corrected chi connectivity index (χ1v) is 8.01. The van der Waals surface area contributed by atoms with Crippen molar-refractivity contribution in [1.82, 2.24) is 10.6 Å². The summed E-state index contributed by atoms with van der Waals surface area (Å²) in [5, 5.41) is 9.31. The van der Waals surface area contributed by atoms with Crippen molar-refractivity contribution in [2.75, 3.05) is 32.1 Å². The molecule has 1 saturated heterocycles. The van der Waals surface area contributed by atoms with Crippen molar-refractivity contribution in [3.05, 3.63) is 22.7 Å². The van der Waals surface area contributed by atoms with Gasteiger partial charge in [0.25, 0.3) is 0 Å². The van der Waals surface area contributed by atoms with E-state index < -0.39 is 0 Å². The summed E-state index contributed by atoms with van der Waals surface area (Å²) in [6, 6.07) is 3.43. The second-order valence-electron chi connectivity index (χ2n) is 5.58. The molecule has 7 heteroatoms. The number of carbonyl (C=O) groups is 2. The predicted molar refractivity (Wildman–Crippen MR) is 90.0 cm³/mol. The van der Waals surface area contributed by atoms with Gasteiger partial charge in [0.05, 0.1) is 18.7 Å². The number of nitrogens with one attached hydrogen (secondary N) is 3. The van der Waals surface area contributed by atoms with Gasteiger partial charge >= 0.3 is 0 Å². The minimum absolute atomic E-state index is 0.00252. The van der Waals surface area contributed by atoms with E-state index in [1.165, 1.54) is 7.11 Å². The molecule has 0 aromatic heterocycles. The van der Waals surface area contributed by atoms with E-state index in [1.54, 1.807) is 12.1 Å². The molecule has 1 aromatic carbocycles. The third kappa shape index (κ3) is 4.84. The van der Waals surface area contributed by atoms with Crippen molar-refractivity contribution < 1.29 is 14.3 Å². The summed E-state index contributed by atoms with van der Waals surface area (Å²) < 4.78 is 5.22. The molecule has 2 rings (SSSR count). The van der Waals surface area contributed by atoms with Crippen LogP contribution in [-0.2, 0) is 9.59 Å². The van der Waals surface area contributed by atoms with Crippen molar-refractivity contribution in [2.45, 2.75) is 19.8 Å². The molecule has 23 heavy (non-hydrogen) atoms. The fourth-order valence-electron chi connectivity index (χ4n) is 2.46. The third-order valence-corrected chi connectivity index (χ3v) is 4.24. The molecule has 1 aliphatic heterocycles. The van der Waals surface area contributed by atoms with Crippen LogP contribution in [-0.4, -0.2) is 38.6 Å². The smallest absolute Gasteiger partial charge is 0.226 e. The van der Waals surface area contributed by atoms with E-state index >= 15 is 0 Å². The maximum absolute atomic E-state index is 12.0. The highest BCUT2D eigenvalue weighted by atomic mass is 35.5. The Bertz CT molecular complexity index is 586. The molecule has 0 aliphatic carbocycles. The first kappa shape index (κ1) is 17.6. The highest BCUT2D eigenvalue weighted by molar-refractivity contribution is 6.31. The van der Waals surface area contributed by atoms with Crippen LogP contribution in [0.25, 0.3) is 0 Å². The van der Waals surface area contributed by atoms with Crippen molar-refractivity contribution in [3.63, 3.8) is 0 Å². The maximum atomic E-state index is 12.0. The number of carbonyl (C=O) groups excluding carboxylic acids is 2. The number of ether oxygens (including phenoxy) is 1. The van der Waals surface area contributed by atoms with Gasteiger partial charge in [0.2, 0.25) is 11.8 Å². The van der Waals surface area contributed by atoms with Gasteiger partial charge in [0.15, 0.2) is 0 Å². The van der Waals surface area contributed by atoms with E-state index in [1.807, 2.05) is 6.92 Å². The summed E-state index contributed by atoms with van der Waals surface area (Å²) in [7, 11) is 1.52. The highest BCUT2D eigenvalue weighted by Crippen LogP contribution is 2.30. The van der Waals surface area contributed by atoms with E-state index in [4.69, 9.17) is 16.3 Å². The maximum Gasteiger partial charge on any atom is 0.226 e. The molecule has 1 heterocycles. The summed E-state index contributed by atoms with van der Waals surface area (Å²) in [5.74, 6) is 0.338. The highest BCUT2D eigenvalue weighted by Gasteiger charge is 2.22. The third-order valence-electron chi connectivity index (χ3n) is 3.84. The second kappa shape index (κ2) is 8.17. The molecular weight excluding hydrogens is 318 g/mol. The average molecular weight is 340 g/mol. The van der Waals surface area contributed by atoms with Gasteiger partial charge in [0.1, 0.15) is 5.75 Å². The van der Waals surface area contributed by atoms with Crippen LogP contribution in [0.5, 0.6) is 5.75 Å². The Hall–Kier alpha value is -1.79. The van der Waals surface area contributed by atoms with Gasteiger partial charge in [-0.25, -0.2) is 0 Å². The standard InChI is InChI=1S/C16H22ClN3O3/c1-10-7-13(14(23-2)8-12(10)17)20-15(21)4-6-19-16(22)11-3-5-18-9-11/h7-8,11,18H,3-6,9H2,1-2H3,(H,19,22)(H,20,21). The lowest BCUT2D eigenvalue weighted by atomic mass is 10.1. The van der Waals surface area contributed by atoms with Crippen LogP contribution in [0.3, 0.4) is 0 Å². The van der Waals surface area contributed by atoms with Crippen LogP contribution in [0.15, 0.2) is 12.1 Å². The molecule has 6 nitrogen and oxygen atoms in total. The average Bonchev–Trinajstić information content (AvgIpc) is 3.05. The van der Waals surface area contributed by atoms with Gasteiger partial charge < -0.3 is 20.7 Å². The number of hydrogen-bond donors (Lipinski definition) is 3. The quantitative estimate of drug-likeness (QED) is 0.737. The molecule has 0 radical (unpaired) electrons. The summed E-state index contributed by atoms with van der Waals surface area (Å²) in [6.45, 7) is 3.75. The minimum Gasteiger partial charge on any atom is -0.495 e. The molecule has 1 aliphatic rings. The van der Waals surface area contributed by atoms with Crippen molar-refractivity contribution in [2.24, 2.45) is 5.92 Å². The zero-order chi connectivity index (χ0) is 16.8. The first-order valence-electron chi connectivity index (χ1n) is 7.63. The molecule has 126 valence electrons. The summed E-state index contributed by atoms with van der Waals surface area (Å²) in [5.41, 5.74) is 1.43. The topological polar surface area (TPSA) is 79.5 Å². The van der Waals surface area contributed by atoms with E-state index in [2.05, 4.69) is 16.0 Å². The number of anilines is 1. The van der Waals surface area contributed by atoms with Gasteiger partial charge in [0, 0.05) is 30.6 Å². The van der Waals surface area contributed by atoms with Crippen LogP contribution in [0.2, 0.25) is 5.02 Å². The number of hydrogen-bond acceptors (Lipinski definition) is 4. The molecule has 2 amide bonds. The molecule has 0 spiro atoms. The Morgan fingerprint density at radius 2 is 2.22 bits per heavy atom. The lowest BCUT2D eigenvalue weighted by molar-refractivity contribution is -0.124. The molecule has 1 aromatic rings. The molecule has 1 atom stereocenters. The number of halogens is 1. The van der Waals surface area contributed by atoms with E-state index in [0.29, 0.717) is 29.5 Å². The van der Waals surface area contributed by atoms with E-state index in [-0.39, 0.29) is 24.2 Å². The van der Waals surface area contributed by atoms with Crippen LogP contribution in [0.1, 0.15) is 18.4 Å². The predicted octanol–water partition coefficient (Wildman–Crippen LogP) is 1.71. The van der Waals surface area contributed by atoms with Gasteiger partial charge in [-0.1, -0.05) is 11.6 Å². The second-order valence-corrected chi connectivity index (χ2v) is 5.99. The monoisotopic (exact) mass is 339 g/mol.